The molecule has 0 atom stereocenters. The van der Waals surface area contributed by atoms with Crippen LogP contribution in [0.1, 0.15) is 30.9 Å². The molecule has 0 aromatic heterocycles. The van der Waals surface area contributed by atoms with Gasteiger partial charge in [0.2, 0.25) is 12.8 Å². The fourth-order valence-electron chi connectivity index (χ4n) is 5.01. The summed E-state index contributed by atoms with van der Waals surface area (Å²) in [5.74, 6) is 0.716. The first kappa shape index (κ1) is 30.3. The molecule has 0 aliphatic carbocycles. The summed E-state index contributed by atoms with van der Waals surface area (Å²) in [4.78, 5) is 30.2. The van der Waals surface area contributed by atoms with Gasteiger partial charge in [-0.2, -0.15) is 0 Å². The van der Waals surface area contributed by atoms with E-state index in [0.717, 1.165) is 40.4 Å². The number of carbonyl (C=O) groups excluding carboxylic acids is 2. The number of nitrogens with one attached hydrogen (secondary N) is 2. The smallest absolute Gasteiger partial charge is 0.211 e. The van der Waals surface area contributed by atoms with Crippen molar-refractivity contribution in [3.63, 3.8) is 0 Å². The fraction of sp³-hybridized carbons (Fsp3) is 0.206. The number of amides is 2. The van der Waals surface area contributed by atoms with E-state index in [0.29, 0.717) is 66.5 Å². The van der Waals surface area contributed by atoms with Crippen LogP contribution in [0.25, 0.3) is 21.9 Å². The zero-order valence-electron chi connectivity index (χ0n) is 23.6. The second-order valence-corrected chi connectivity index (χ2v) is 10.2. The highest BCUT2D eigenvalue weighted by Gasteiger charge is 2.21. The number of rotatable bonds is 14. The van der Waals surface area contributed by atoms with Crippen LogP contribution < -0.4 is 10.6 Å². The SMILES string of the molecule is C=CCCN(CCNC=O)/C(=N/c1ccccc1CCC)c1cc(Cl)c(-c2cc(O)cc3ccccc23)cc1NC=O. The lowest BCUT2D eigenvalue weighted by atomic mass is 9.95. The van der Waals surface area contributed by atoms with E-state index in [1.165, 1.54) is 0 Å². The molecule has 216 valence electrons. The molecule has 4 aromatic rings. The average molecular weight is 583 g/mol. The Bertz CT molecular complexity index is 1600. The minimum Gasteiger partial charge on any atom is -0.508 e. The normalized spacial score (nSPS) is 11.2. The van der Waals surface area contributed by atoms with Crippen LogP contribution in [0.3, 0.4) is 0 Å². The minimum absolute atomic E-state index is 0.113. The van der Waals surface area contributed by atoms with Crippen molar-refractivity contribution in [1.82, 2.24) is 10.2 Å². The van der Waals surface area contributed by atoms with E-state index in [1.54, 1.807) is 18.2 Å². The van der Waals surface area contributed by atoms with Crippen LogP contribution >= 0.6 is 11.6 Å². The van der Waals surface area contributed by atoms with Gasteiger partial charge in [0.1, 0.15) is 11.6 Å². The van der Waals surface area contributed by atoms with Crippen molar-refractivity contribution in [1.29, 1.82) is 0 Å². The third-order valence-electron chi connectivity index (χ3n) is 6.95. The number of hydrogen-bond acceptors (Lipinski definition) is 4. The van der Waals surface area contributed by atoms with Crippen LogP contribution in [-0.4, -0.2) is 48.3 Å². The topological polar surface area (TPSA) is 94.0 Å². The van der Waals surface area contributed by atoms with Gasteiger partial charge in [0.05, 0.1) is 11.4 Å². The lowest BCUT2D eigenvalue weighted by Crippen LogP contribution is -2.38. The predicted octanol–water partition coefficient (Wildman–Crippen LogP) is 7.09. The van der Waals surface area contributed by atoms with E-state index in [9.17, 15) is 14.7 Å². The first-order valence-electron chi connectivity index (χ1n) is 14.0. The van der Waals surface area contributed by atoms with Gasteiger partial charge in [-0.3, -0.25) is 9.59 Å². The van der Waals surface area contributed by atoms with E-state index in [-0.39, 0.29) is 5.75 Å². The molecule has 0 aliphatic heterocycles. The van der Waals surface area contributed by atoms with Gasteiger partial charge in [-0.25, -0.2) is 4.99 Å². The maximum absolute atomic E-state index is 11.9. The van der Waals surface area contributed by atoms with Gasteiger partial charge >= 0.3 is 0 Å². The highest BCUT2D eigenvalue weighted by molar-refractivity contribution is 6.34. The van der Waals surface area contributed by atoms with E-state index in [2.05, 4.69) is 35.1 Å². The summed E-state index contributed by atoms with van der Waals surface area (Å²) in [6.07, 6.45) is 5.62. The number of aryl methyl sites for hydroxylation is 1. The molecular formula is C34H35ClN4O3. The maximum Gasteiger partial charge on any atom is 0.211 e. The molecule has 0 radical (unpaired) electrons. The number of fused-ring (bicyclic) bond motifs is 1. The molecule has 0 aliphatic rings. The Balaban J connectivity index is 1.97. The number of halogens is 1. The Morgan fingerprint density at radius 3 is 2.55 bits per heavy atom. The zero-order chi connectivity index (χ0) is 29.9. The lowest BCUT2D eigenvalue weighted by molar-refractivity contribution is -0.109. The van der Waals surface area contributed by atoms with E-state index < -0.39 is 0 Å². The van der Waals surface area contributed by atoms with Crippen molar-refractivity contribution in [3.05, 3.63) is 102 Å². The molecule has 3 N–H and O–H groups in total. The van der Waals surface area contributed by atoms with Crippen molar-refractivity contribution in [2.24, 2.45) is 4.99 Å². The highest BCUT2D eigenvalue weighted by Crippen LogP contribution is 2.40. The lowest BCUT2D eigenvalue weighted by Gasteiger charge is -2.28. The van der Waals surface area contributed by atoms with Gasteiger partial charge in [-0.05, 0) is 65.1 Å². The number of carbonyl (C=O) groups is 2. The van der Waals surface area contributed by atoms with Crippen molar-refractivity contribution >= 4 is 52.4 Å². The minimum atomic E-state index is 0.113. The monoisotopic (exact) mass is 582 g/mol. The first-order chi connectivity index (χ1) is 20.5. The van der Waals surface area contributed by atoms with E-state index in [1.807, 2.05) is 54.6 Å². The van der Waals surface area contributed by atoms with Gasteiger partial charge in [0.25, 0.3) is 0 Å². The Kier molecular flexibility index (Phi) is 10.7. The number of aliphatic imine (C=N–C) groups is 1. The Morgan fingerprint density at radius 2 is 1.79 bits per heavy atom. The van der Waals surface area contributed by atoms with Gasteiger partial charge in [-0.1, -0.05) is 73.5 Å². The number of aromatic hydroxyl groups is 1. The molecule has 0 spiro atoms. The summed E-state index contributed by atoms with van der Waals surface area (Å²) in [5, 5.41) is 18.3. The molecule has 7 nitrogen and oxygen atoms in total. The second kappa shape index (κ2) is 14.8. The molecule has 0 saturated carbocycles. The largest absolute Gasteiger partial charge is 0.508 e. The van der Waals surface area contributed by atoms with Crippen LogP contribution in [0.4, 0.5) is 11.4 Å². The van der Waals surface area contributed by atoms with Crippen molar-refractivity contribution in [3.8, 4) is 16.9 Å². The highest BCUT2D eigenvalue weighted by atomic mass is 35.5. The van der Waals surface area contributed by atoms with Crippen LogP contribution in [0.5, 0.6) is 5.75 Å². The third kappa shape index (κ3) is 7.17. The number of benzene rings is 4. The molecule has 2 amide bonds. The quantitative estimate of drug-likeness (QED) is 0.0486. The molecule has 42 heavy (non-hydrogen) atoms. The van der Waals surface area contributed by atoms with Crippen molar-refractivity contribution in [2.75, 3.05) is 25.0 Å². The number of hydrogen-bond donors (Lipinski definition) is 3. The van der Waals surface area contributed by atoms with Gasteiger partial charge in [0.15, 0.2) is 0 Å². The third-order valence-corrected chi connectivity index (χ3v) is 7.26. The molecule has 4 aromatic carbocycles. The average Bonchev–Trinajstić information content (AvgIpc) is 2.99. The number of anilines is 1. The van der Waals surface area contributed by atoms with Gasteiger partial charge in [-0.15, -0.1) is 6.58 Å². The van der Waals surface area contributed by atoms with Crippen LogP contribution in [0.15, 0.2) is 90.4 Å². The summed E-state index contributed by atoms with van der Waals surface area (Å²) >= 11 is 7.01. The second-order valence-electron chi connectivity index (χ2n) is 9.80. The molecular weight excluding hydrogens is 548 g/mol. The molecule has 0 bridgehead atoms. The summed E-state index contributed by atoms with van der Waals surface area (Å²) in [7, 11) is 0. The summed E-state index contributed by atoms with van der Waals surface area (Å²) in [6, 6.07) is 22.7. The van der Waals surface area contributed by atoms with E-state index in [4.69, 9.17) is 16.6 Å². The molecule has 0 fully saturated rings. The molecule has 0 saturated heterocycles. The van der Waals surface area contributed by atoms with Crippen LogP contribution in [-0.2, 0) is 16.0 Å². The summed E-state index contributed by atoms with van der Waals surface area (Å²) in [5.41, 5.74) is 4.45. The van der Waals surface area contributed by atoms with Gasteiger partial charge < -0.3 is 20.6 Å². The molecule has 0 unspecified atom stereocenters. The summed E-state index contributed by atoms with van der Waals surface area (Å²) < 4.78 is 0. The van der Waals surface area contributed by atoms with Gasteiger partial charge in [0, 0.05) is 35.8 Å². The Morgan fingerprint density at radius 1 is 1.00 bits per heavy atom. The van der Waals surface area contributed by atoms with Crippen molar-refractivity contribution < 1.29 is 14.7 Å². The molecule has 0 heterocycles. The maximum atomic E-state index is 11.9. The Labute approximate surface area is 251 Å². The molecule has 8 heteroatoms. The number of nitrogens with zero attached hydrogens (tertiary/aromatic N) is 2. The van der Waals surface area contributed by atoms with E-state index >= 15 is 0 Å². The number of amidine groups is 1. The zero-order valence-corrected chi connectivity index (χ0v) is 24.4. The van der Waals surface area contributed by atoms with Crippen LogP contribution in [0, 0.1) is 0 Å². The number of phenols is 1. The first-order valence-corrected chi connectivity index (χ1v) is 14.3. The fourth-order valence-corrected chi connectivity index (χ4v) is 5.28. The Hall–Kier alpha value is -4.62. The summed E-state index contributed by atoms with van der Waals surface area (Å²) in [6.45, 7) is 7.45. The van der Waals surface area contributed by atoms with Crippen molar-refractivity contribution in [2.45, 2.75) is 26.2 Å². The van der Waals surface area contributed by atoms with Crippen LogP contribution in [0.2, 0.25) is 5.02 Å². The predicted molar refractivity (Wildman–Crippen MR) is 173 cm³/mol. The number of phenolic OH excluding ortho intramolecular Hbond substituents is 1. The molecule has 4 rings (SSSR count). The number of para-hydroxylation sites is 1. The standard InChI is InChI=1S/C34H35ClN4O3/c1-3-5-16-39(17-15-36-22-40)34(38-32-14-9-7-11-24(32)10-4-2)30-20-31(35)29(21-33(30)37-23-41)28-19-26(42)18-25-12-6-8-13-27(25)28/h3,6-9,11-14,18-23,42H,1,4-5,10,15-17H2,2H3,(H,36,40)(H,37,41)/b38-34+.